The molecule has 40 heavy (non-hydrogen) atoms. The van der Waals surface area contributed by atoms with Crippen molar-refractivity contribution < 1.29 is 19.1 Å². The molecule has 1 saturated heterocycles. The van der Waals surface area contributed by atoms with E-state index in [9.17, 15) is 4.79 Å². The van der Waals surface area contributed by atoms with Crippen LogP contribution < -0.4 is 15.6 Å². The number of nitrogens with one attached hydrogen (secondary N) is 2. The molecule has 1 aliphatic rings. The van der Waals surface area contributed by atoms with Gasteiger partial charge in [-0.25, -0.2) is 10.2 Å². The lowest BCUT2D eigenvalue weighted by atomic mass is 10.1. The fourth-order valence-electron chi connectivity index (χ4n) is 4.34. The van der Waals surface area contributed by atoms with E-state index in [1.54, 1.807) is 24.3 Å². The van der Waals surface area contributed by atoms with E-state index < -0.39 is 5.97 Å². The highest BCUT2D eigenvalue weighted by molar-refractivity contribution is 5.95. The van der Waals surface area contributed by atoms with E-state index in [1.807, 2.05) is 35.2 Å². The summed E-state index contributed by atoms with van der Waals surface area (Å²) < 4.78 is 11.3. The topological polar surface area (TPSA) is 138 Å². The van der Waals surface area contributed by atoms with E-state index in [2.05, 4.69) is 42.9 Å². The predicted octanol–water partition coefficient (Wildman–Crippen LogP) is 5.01. The van der Waals surface area contributed by atoms with Crippen molar-refractivity contribution in [1.29, 1.82) is 0 Å². The van der Waals surface area contributed by atoms with E-state index in [0.717, 1.165) is 22.0 Å². The molecule has 0 atom stereocenters. The minimum Gasteiger partial charge on any atom is -0.478 e. The summed E-state index contributed by atoms with van der Waals surface area (Å²) in [6.45, 7) is 2.53. The third-order valence-electron chi connectivity index (χ3n) is 6.35. The Morgan fingerprint density at radius 1 is 0.900 bits per heavy atom. The van der Waals surface area contributed by atoms with Gasteiger partial charge in [-0.05, 0) is 35.7 Å². The Labute approximate surface area is 229 Å². The normalized spacial score (nSPS) is 13.6. The van der Waals surface area contributed by atoms with Gasteiger partial charge in [0.15, 0.2) is 0 Å². The summed E-state index contributed by atoms with van der Waals surface area (Å²) in [7, 11) is 0. The Bertz CT molecular complexity index is 1670. The molecule has 5 aromatic rings. The van der Waals surface area contributed by atoms with Gasteiger partial charge in [0.25, 0.3) is 0 Å². The van der Waals surface area contributed by atoms with Crippen molar-refractivity contribution in [1.82, 2.24) is 15.0 Å². The van der Waals surface area contributed by atoms with Crippen molar-refractivity contribution in [2.45, 2.75) is 0 Å². The monoisotopic (exact) mass is 535 g/mol. The summed E-state index contributed by atoms with van der Waals surface area (Å²) in [4.78, 5) is 26.9. The van der Waals surface area contributed by atoms with Crippen LogP contribution in [0.5, 0.6) is 0 Å². The molecule has 0 spiro atoms. The Morgan fingerprint density at radius 3 is 2.50 bits per heavy atom. The lowest BCUT2D eigenvalue weighted by Crippen LogP contribution is -2.37. The van der Waals surface area contributed by atoms with Crippen molar-refractivity contribution in [2.75, 3.05) is 41.9 Å². The Morgan fingerprint density at radius 2 is 1.68 bits per heavy atom. The van der Waals surface area contributed by atoms with Gasteiger partial charge in [0.1, 0.15) is 11.5 Å². The first-order valence-corrected chi connectivity index (χ1v) is 12.7. The zero-order valence-corrected chi connectivity index (χ0v) is 21.3. The molecule has 3 aromatic carbocycles. The number of carboxylic acids is 1. The van der Waals surface area contributed by atoms with Gasteiger partial charge in [0.2, 0.25) is 17.8 Å². The van der Waals surface area contributed by atoms with E-state index >= 15 is 0 Å². The first-order valence-electron chi connectivity index (χ1n) is 12.7. The average molecular weight is 536 g/mol. The molecule has 200 valence electrons. The molecule has 1 fully saturated rings. The van der Waals surface area contributed by atoms with Crippen LogP contribution in [0.4, 0.5) is 23.5 Å². The number of hydrogen-bond donors (Lipinski definition) is 3. The summed E-state index contributed by atoms with van der Waals surface area (Å²) in [6.07, 6.45) is 1.52. The number of benzene rings is 3. The summed E-state index contributed by atoms with van der Waals surface area (Å²) in [6, 6.07) is 24.1. The number of furan rings is 1. The Balaban J connectivity index is 1.23. The first-order chi connectivity index (χ1) is 19.6. The van der Waals surface area contributed by atoms with Gasteiger partial charge in [-0.3, -0.25) is 0 Å². The van der Waals surface area contributed by atoms with Crippen LogP contribution in [-0.4, -0.2) is 58.5 Å². The highest BCUT2D eigenvalue weighted by Crippen LogP contribution is 2.26. The molecule has 0 aliphatic carbocycles. The third kappa shape index (κ3) is 5.59. The smallest absolute Gasteiger partial charge is 0.335 e. The van der Waals surface area contributed by atoms with Crippen LogP contribution in [0.2, 0.25) is 0 Å². The van der Waals surface area contributed by atoms with Crippen molar-refractivity contribution in [2.24, 2.45) is 5.10 Å². The minimum absolute atomic E-state index is 0.212. The molecule has 3 N–H and O–H groups in total. The SMILES string of the molecule is O=C(O)c1ccc(-c2ccc(/C=N/Nc3nc(Nc4cccc5ccccc45)nc(N4CCOCC4)n3)o2)cc1. The summed E-state index contributed by atoms with van der Waals surface area (Å²) in [5.74, 6) is 1.29. The van der Waals surface area contributed by atoms with Crippen LogP contribution in [0.3, 0.4) is 0 Å². The molecular formula is C29H25N7O4. The molecule has 0 amide bonds. The predicted molar refractivity (Wildman–Crippen MR) is 152 cm³/mol. The van der Waals surface area contributed by atoms with E-state index in [4.69, 9.17) is 14.3 Å². The highest BCUT2D eigenvalue weighted by Gasteiger charge is 2.17. The number of aromatic nitrogens is 3. The molecule has 11 heteroatoms. The number of fused-ring (bicyclic) bond motifs is 1. The fraction of sp³-hybridized carbons (Fsp3) is 0.138. The molecular weight excluding hydrogens is 510 g/mol. The van der Waals surface area contributed by atoms with Crippen LogP contribution >= 0.6 is 0 Å². The van der Waals surface area contributed by atoms with Crippen molar-refractivity contribution in [3.63, 3.8) is 0 Å². The molecule has 2 aromatic heterocycles. The van der Waals surface area contributed by atoms with Crippen LogP contribution in [0.25, 0.3) is 22.1 Å². The summed E-state index contributed by atoms with van der Waals surface area (Å²) >= 11 is 0. The van der Waals surface area contributed by atoms with Crippen LogP contribution in [0.15, 0.2) is 88.4 Å². The molecule has 0 saturated carbocycles. The van der Waals surface area contributed by atoms with E-state index in [-0.39, 0.29) is 11.5 Å². The molecule has 11 nitrogen and oxygen atoms in total. The fourth-order valence-corrected chi connectivity index (χ4v) is 4.34. The van der Waals surface area contributed by atoms with Gasteiger partial charge < -0.3 is 24.5 Å². The highest BCUT2D eigenvalue weighted by atomic mass is 16.5. The number of nitrogens with zero attached hydrogens (tertiary/aromatic N) is 5. The van der Waals surface area contributed by atoms with Crippen molar-refractivity contribution in [3.05, 3.63) is 90.2 Å². The van der Waals surface area contributed by atoms with Crippen molar-refractivity contribution in [3.8, 4) is 11.3 Å². The standard InChI is InChI=1S/C29H25N7O4/c37-26(38)21-10-8-20(9-11-21)25-13-12-22(40-25)18-30-35-28-32-27(33-29(34-28)36-14-16-39-17-15-36)31-24-7-3-5-19-4-1-2-6-23(19)24/h1-13,18H,14-17H2,(H,37,38)(H2,31,32,33,34,35)/b30-18+. The molecule has 0 bridgehead atoms. The lowest BCUT2D eigenvalue weighted by molar-refractivity contribution is 0.0697. The third-order valence-corrected chi connectivity index (χ3v) is 6.35. The zero-order valence-electron chi connectivity index (χ0n) is 21.3. The number of carbonyl (C=O) groups is 1. The van der Waals surface area contributed by atoms with E-state index in [0.29, 0.717) is 49.7 Å². The number of anilines is 4. The first kappa shape index (κ1) is 25.0. The average Bonchev–Trinajstić information content (AvgIpc) is 3.47. The quantitative estimate of drug-likeness (QED) is 0.184. The number of ether oxygens (including phenoxy) is 1. The Hall–Kier alpha value is -5.29. The second kappa shape index (κ2) is 11.2. The van der Waals surface area contributed by atoms with Gasteiger partial charge in [0, 0.05) is 29.7 Å². The number of aromatic carboxylic acids is 1. The molecule has 0 radical (unpaired) electrons. The maximum atomic E-state index is 11.1. The second-order valence-electron chi connectivity index (χ2n) is 8.99. The van der Waals surface area contributed by atoms with Crippen LogP contribution in [-0.2, 0) is 4.74 Å². The Kier molecular flexibility index (Phi) is 7.01. The minimum atomic E-state index is -0.976. The lowest BCUT2D eigenvalue weighted by Gasteiger charge is -2.27. The van der Waals surface area contributed by atoms with Gasteiger partial charge in [-0.2, -0.15) is 20.1 Å². The summed E-state index contributed by atoms with van der Waals surface area (Å²) in [5.41, 5.74) is 4.74. The molecule has 6 rings (SSSR count). The van der Waals surface area contributed by atoms with Crippen LogP contribution in [0.1, 0.15) is 16.1 Å². The zero-order chi connectivity index (χ0) is 27.3. The largest absolute Gasteiger partial charge is 0.478 e. The molecule has 0 unspecified atom stereocenters. The number of rotatable bonds is 8. The van der Waals surface area contributed by atoms with Gasteiger partial charge in [-0.1, -0.05) is 48.5 Å². The van der Waals surface area contributed by atoms with Gasteiger partial charge in [-0.15, -0.1) is 0 Å². The second-order valence-corrected chi connectivity index (χ2v) is 8.99. The maximum Gasteiger partial charge on any atom is 0.335 e. The van der Waals surface area contributed by atoms with Crippen LogP contribution in [0, 0.1) is 0 Å². The van der Waals surface area contributed by atoms with E-state index in [1.165, 1.54) is 18.3 Å². The number of carboxylic acid groups (broad SMARTS) is 1. The molecule has 3 heterocycles. The van der Waals surface area contributed by atoms with Gasteiger partial charge in [0.05, 0.1) is 25.0 Å². The number of hydrazone groups is 1. The number of morpholine rings is 1. The number of hydrogen-bond acceptors (Lipinski definition) is 10. The molecule has 1 aliphatic heterocycles. The van der Waals surface area contributed by atoms with Crippen molar-refractivity contribution >= 4 is 46.5 Å². The van der Waals surface area contributed by atoms with Gasteiger partial charge >= 0.3 is 5.97 Å². The maximum absolute atomic E-state index is 11.1. The summed E-state index contributed by atoms with van der Waals surface area (Å²) in [5, 5.41) is 18.9.